The van der Waals surface area contributed by atoms with Gasteiger partial charge in [0.1, 0.15) is 12.8 Å². The Morgan fingerprint density at radius 2 is 1.85 bits per heavy atom. The number of likely N-dealkylation sites (tertiary alicyclic amines) is 1. The summed E-state index contributed by atoms with van der Waals surface area (Å²) in [5.41, 5.74) is 1.43. The van der Waals surface area contributed by atoms with E-state index in [1.165, 1.54) is 31.8 Å². The molecular weight excluding hydrogens is 342 g/mol. The van der Waals surface area contributed by atoms with Crippen molar-refractivity contribution < 1.29 is 14.0 Å². The number of nitrogens with one attached hydrogen (secondary N) is 1. The van der Waals surface area contributed by atoms with Gasteiger partial charge in [0, 0.05) is 19.6 Å². The van der Waals surface area contributed by atoms with Gasteiger partial charge in [0.15, 0.2) is 0 Å². The lowest BCUT2D eigenvalue weighted by Gasteiger charge is -2.26. The number of nitrogens with zero attached hydrogens (tertiary/aromatic N) is 2. The van der Waals surface area contributed by atoms with Crippen molar-refractivity contribution in [2.24, 2.45) is 0 Å². The van der Waals surface area contributed by atoms with Gasteiger partial charge in [-0.15, -0.1) is 0 Å². The summed E-state index contributed by atoms with van der Waals surface area (Å²) in [6.07, 6.45) is 6.64. The van der Waals surface area contributed by atoms with Gasteiger partial charge in [-0.05, 0) is 37.6 Å². The third kappa shape index (κ3) is 5.96. The van der Waals surface area contributed by atoms with Crippen molar-refractivity contribution in [1.29, 1.82) is 0 Å². The van der Waals surface area contributed by atoms with Crippen molar-refractivity contribution in [1.82, 2.24) is 15.1 Å². The SMILES string of the molecule is O=C(CN(Cc1ccccc1)C(=O)c1ccoc1)NCCN1CCCCC1. The number of carbonyl (C=O) groups is 2. The van der Waals surface area contributed by atoms with Gasteiger partial charge in [-0.25, -0.2) is 0 Å². The van der Waals surface area contributed by atoms with Crippen molar-refractivity contribution in [3.63, 3.8) is 0 Å². The van der Waals surface area contributed by atoms with Crippen LogP contribution in [-0.2, 0) is 11.3 Å². The van der Waals surface area contributed by atoms with Gasteiger partial charge in [0.05, 0.1) is 11.8 Å². The zero-order valence-corrected chi connectivity index (χ0v) is 15.6. The highest BCUT2D eigenvalue weighted by molar-refractivity contribution is 5.96. The minimum absolute atomic E-state index is 0.0267. The largest absolute Gasteiger partial charge is 0.472 e. The lowest BCUT2D eigenvalue weighted by atomic mass is 10.1. The molecule has 6 heteroatoms. The molecule has 2 heterocycles. The van der Waals surface area contributed by atoms with Gasteiger partial charge in [0.2, 0.25) is 5.91 Å². The van der Waals surface area contributed by atoms with E-state index in [2.05, 4.69) is 10.2 Å². The van der Waals surface area contributed by atoms with Gasteiger partial charge in [-0.1, -0.05) is 36.8 Å². The van der Waals surface area contributed by atoms with Crippen LogP contribution in [0.1, 0.15) is 35.2 Å². The van der Waals surface area contributed by atoms with Crippen molar-refractivity contribution >= 4 is 11.8 Å². The fraction of sp³-hybridized carbons (Fsp3) is 0.429. The average molecular weight is 369 g/mol. The average Bonchev–Trinajstić information content (AvgIpc) is 3.23. The van der Waals surface area contributed by atoms with Crippen LogP contribution in [-0.4, -0.2) is 54.3 Å². The number of amides is 2. The Balaban J connectivity index is 1.55. The van der Waals surface area contributed by atoms with E-state index in [1.54, 1.807) is 11.0 Å². The fourth-order valence-electron chi connectivity index (χ4n) is 3.34. The molecule has 1 fully saturated rings. The van der Waals surface area contributed by atoms with Crippen LogP contribution in [0, 0.1) is 0 Å². The van der Waals surface area contributed by atoms with Gasteiger partial charge in [-0.2, -0.15) is 0 Å². The standard InChI is InChI=1S/C21H27N3O3/c25-20(22-10-13-23-11-5-2-6-12-23)16-24(15-18-7-3-1-4-8-18)21(26)19-9-14-27-17-19/h1,3-4,7-9,14,17H,2,5-6,10-13,15-16H2,(H,22,25). The molecule has 6 nitrogen and oxygen atoms in total. The van der Waals surface area contributed by atoms with Crippen molar-refractivity contribution in [2.75, 3.05) is 32.7 Å². The second-order valence-electron chi connectivity index (χ2n) is 6.91. The first kappa shape index (κ1) is 19.2. The third-order valence-electron chi connectivity index (χ3n) is 4.80. The van der Waals surface area contributed by atoms with Crippen LogP contribution >= 0.6 is 0 Å². The molecule has 1 N–H and O–H groups in total. The summed E-state index contributed by atoms with van der Waals surface area (Å²) >= 11 is 0. The van der Waals surface area contributed by atoms with Crippen LogP contribution < -0.4 is 5.32 Å². The fourth-order valence-corrected chi connectivity index (χ4v) is 3.34. The molecule has 0 aliphatic carbocycles. The van der Waals surface area contributed by atoms with Crippen molar-refractivity contribution in [2.45, 2.75) is 25.8 Å². The van der Waals surface area contributed by atoms with Crippen molar-refractivity contribution in [3.8, 4) is 0 Å². The molecule has 27 heavy (non-hydrogen) atoms. The number of hydrogen-bond donors (Lipinski definition) is 1. The predicted molar refractivity (Wildman–Crippen MR) is 103 cm³/mol. The van der Waals surface area contributed by atoms with E-state index < -0.39 is 0 Å². The Hall–Kier alpha value is -2.60. The van der Waals surface area contributed by atoms with Gasteiger partial charge in [-0.3, -0.25) is 9.59 Å². The van der Waals surface area contributed by atoms with Crippen LogP contribution in [0.2, 0.25) is 0 Å². The number of carbonyl (C=O) groups excluding carboxylic acids is 2. The topological polar surface area (TPSA) is 65.8 Å². The first-order valence-corrected chi connectivity index (χ1v) is 9.57. The molecule has 0 atom stereocenters. The molecule has 0 saturated carbocycles. The summed E-state index contributed by atoms with van der Waals surface area (Å²) in [7, 11) is 0. The van der Waals surface area contributed by atoms with Gasteiger partial charge < -0.3 is 19.5 Å². The number of rotatable bonds is 8. The first-order chi connectivity index (χ1) is 13.2. The monoisotopic (exact) mass is 369 g/mol. The Morgan fingerprint density at radius 3 is 2.56 bits per heavy atom. The molecule has 0 bridgehead atoms. The Labute approximate surface area is 160 Å². The summed E-state index contributed by atoms with van der Waals surface area (Å²) in [4.78, 5) is 29.1. The number of furan rings is 1. The molecule has 1 aromatic carbocycles. The molecule has 0 unspecified atom stereocenters. The molecule has 2 aromatic rings. The van der Waals surface area contributed by atoms with Crippen LogP contribution in [0.25, 0.3) is 0 Å². The molecule has 0 spiro atoms. The van der Waals surface area contributed by atoms with Crippen LogP contribution in [0.3, 0.4) is 0 Å². The van der Waals surface area contributed by atoms with E-state index in [9.17, 15) is 9.59 Å². The van der Waals surface area contributed by atoms with Gasteiger partial charge in [0.25, 0.3) is 5.91 Å². The van der Waals surface area contributed by atoms with E-state index in [1.807, 2.05) is 30.3 Å². The Morgan fingerprint density at radius 1 is 1.07 bits per heavy atom. The lowest BCUT2D eigenvalue weighted by Crippen LogP contribution is -2.43. The van der Waals surface area contributed by atoms with E-state index >= 15 is 0 Å². The lowest BCUT2D eigenvalue weighted by molar-refractivity contribution is -0.121. The van der Waals surface area contributed by atoms with Crippen LogP contribution in [0.5, 0.6) is 0 Å². The molecule has 1 aromatic heterocycles. The predicted octanol–water partition coefficient (Wildman–Crippen LogP) is 2.52. The molecule has 144 valence electrons. The maximum absolute atomic E-state index is 12.7. The van der Waals surface area contributed by atoms with Gasteiger partial charge >= 0.3 is 0 Å². The van der Waals surface area contributed by atoms with Crippen LogP contribution in [0.15, 0.2) is 53.3 Å². The third-order valence-corrected chi connectivity index (χ3v) is 4.80. The molecular formula is C21H27N3O3. The minimum atomic E-state index is -0.209. The summed E-state index contributed by atoms with van der Waals surface area (Å²) in [6.45, 7) is 4.09. The minimum Gasteiger partial charge on any atom is -0.472 e. The number of piperidine rings is 1. The quantitative estimate of drug-likeness (QED) is 0.777. The number of benzene rings is 1. The Kier molecular flexibility index (Phi) is 7.04. The zero-order chi connectivity index (χ0) is 18.9. The Bertz CT molecular complexity index is 710. The maximum atomic E-state index is 12.7. The maximum Gasteiger partial charge on any atom is 0.257 e. The second-order valence-corrected chi connectivity index (χ2v) is 6.91. The van der Waals surface area contributed by atoms with E-state index in [-0.39, 0.29) is 18.4 Å². The molecule has 1 aliphatic rings. The van der Waals surface area contributed by atoms with E-state index in [0.29, 0.717) is 18.7 Å². The van der Waals surface area contributed by atoms with E-state index in [4.69, 9.17) is 4.42 Å². The van der Waals surface area contributed by atoms with Crippen molar-refractivity contribution in [3.05, 3.63) is 60.1 Å². The molecule has 2 amide bonds. The number of hydrogen-bond acceptors (Lipinski definition) is 4. The highest BCUT2D eigenvalue weighted by Crippen LogP contribution is 2.11. The zero-order valence-electron chi connectivity index (χ0n) is 15.6. The highest BCUT2D eigenvalue weighted by atomic mass is 16.3. The summed E-state index contributed by atoms with van der Waals surface area (Å²) in [6, 6.07) is 11.3. The summed E-state index contributed by atoms with van der Waals surface area (Å²) < 4.78 is 5.02. The molecule has 3 rings (SSSR count). The summed E-state index contributed by atoms with van der Waals surface area (Å²) in [5, 5.41) is 2.95. The normalized spacial score (nSPS) is 14.7. The van der Waals surface area contributed by atoms with Crippen LogP contribution in [0.4, 0.5) is 0 Å². The second kappa shape index (κ2) is 9.92. The molecule has 1 aliphatic heterocycles. The molecule has 0 radical (unpaired) electrons. The van der Waals surface area contributed by atoms with E-state index in [0.717, 1.165) is 25.2 Å². The smallest absolute Gasteiger partial charge is 0.257 e. The first-order valence-electron chi connectivity index (χ1n) is 9.57. The highest BCUT2D eigenvalue weighted by Gasteiger charge is 2.20. The summed E-state index contributed by atoms with van der Waals surface area (Å²) in [5.74, 6) is -0.349. The molecule has 1 saturated heterocycles.